The Bertz CT molecular complexity index is 617. The van der Waals surface area contributed by atoms with Crippen molar-refractivity contribution in [3.05, 3.63) is 47.4 Å². The summed E-state index contributed by atoms with van der Waals surface area (Å²) in [6.07, 6.45) is 3.44. The van der Waals surface area contributed by atoms with Gasteiger partial charge < -0.3 is 10.6 Å². The summed E-state index contributed by atoms with van der Waals surface area (Å²) in [5.41, 5.74) is 8.95. The predicted octanol–water partition coefficient (Wildman–Crippen LogP) is 3.10. The van der Waals surface area contributed by atoms with Gasteiger partial charge in [-0.2, -0.15) is 0 Å². The summed E-state index contributed by atoms with van der Waals surface area (Å²) in [7, 11) is 0. The van der Waals surface area contributed by atoms with Crippen molar-refractivity contribution in [2.75, 3.05) is 10.6 Å². The minimum Gasteiger partial charge on any atom is -0.399 e. The highest BCUT2D eigenvalue weighted by atomic mass is 15.2. The van der Waals surface area contributed by atoms with E-state index in [1.54, 1.807) is 0 Å². The Morgan fingerprint density at radius 2 is 1.90 bits per heavy atom. The van der Waals surface area contributed by atoms with Crippen LogP contribution in [0.1, 0.15) is 36.8 Å². The molecule has 0 radical (unpaired) electrons. The molecular formula is C17H22N4. The van der Waals surface area contributed by atoms with E-state index in [0.717, 1.165) is 36.0 Å². The Hall–Kier alpha value is -2.10. The van der Waals surface area contributed by atoms with E-state index >= 15 is 0 Å². The van der Waals surface area contributed by atoms with Gasteiger partial charge in [0.05, 0.1) is 0 Å². The van der Waals surface area contributed by atoms with Crippen LogP contribution >= 0.6 is 0 Å². The lowest BCUT2D eigenvalue weighted by atomic mass is 10.2. The Morgan fingerprint density at radius 1 is 1.19 bits per heavy atom. The molecule has 4 nitrogen and oxygen atoms in total. The first-order chi connectivity index (χ1) is 10.2. The summed E-state index contributed by atoms with van der Waals surface area (Å²) >= 11 is 0. The second-order valence-electron chi connectivity index (χ2n) is 5.72. The number of nitrogens with zero attached hydrogens (tertiary/aromatic N) is 3. The summed E-state index contributed by atoms with van der Waals surface area (Å²) in [6, 6.07) is 10.9. The lowest BCUT2D eigenvalue weighted by Crippen LogP contribution is -2.26. The van der Waals surface area contributed by atoms with E-state index in [9.17, 15) is 0 Å². The van der Waals surface area contributed by atoms with E-state index in [-0.39, 0.29) is 0 Å². The van der Waals surface area contributed by atoms with Crippen LogP contribution in [0, 0.1) is 6.92 Å². The molecule has 1 aromatic carbocycles. The highest BCUT2D eigenvalue weighted by Crippen LogP contribution is 2.32. The maximum Gasteiger partial charge on any atom is 0.133 e. The second kappa shape index (κ2) is 5.72. The molecular weight excluding hydrogens is 260 g/mol. The zero-order valence-corrected chi connectivity index (χ0v) is 12.7. The molecule has 0 saturated heterocycles. The third kappa shape index (κ3) is 3.32. The van der Waals surface area contributed by atoms with Crippen molar-refractivity contribution < 1.29 is 0 Å². The van der Waals surface area contributed by atoms with Gasteiger partial charge in [-0.15, -0.1) is 0 Å². The van der Waals surface area contributed by atoms with Crippen LogP contribution in [-0.2, 0) is 13.0 Å². The largest absolute Gasteiger partial charge is 0.399 e. The molecule has 2 aromatic rings. The molecule has 2 N–H and O–H groups in total. The Balaban J connectivity index is 1.87. The molecule has 110 valence electrons. The highest BCUT2D eigenvalue weighted by Gasteiger charge is 2.30. The zero-order valence-electron chi connectivity index (χ0n) is 12.7. The molecule has 3 rings (SSSR count). The second-order valence-corrected chi connectivity index (χ2v) is 5.72. The maximum atomic E-state index is 5.76. The number of hydrogen-bond acceptors (Lipinski definition) is 4. The van der Waals surface area contributed by atoms with Crippen molar-refractivity contribution in [3.63, 3.8) is 0 Å². The van der Waals surface area contributed by atoms with E-state index in [1.807, 2.05) is 19.1 Å². The summed E-state index contributed by atoms with van der Waals surface area (Å²) < 4.78 is 0. The molecule has 1 aliphatic rings. The minimum absolute atomic E-state index is 0.613. The van der Waals surface area contributed by atoms with Crippen molar-refractivity contribution in [2.45, 2.75) is 45.7 Å². The molecule has 4 heteroatoms. The number of nitrogen functional groups attached to an aromatic ring is 1. The molecule has 1 aromatic heterocycles. The molecule has 0 amide bonds. The molecule has 0 aliphatic heterocycles. The van der Waals surface area contributed by atoms with Crippen molar-refractivity contribution in [1.29, 1.82) is 0 Å². The van der Waals surface area contributed by atoms with Crippen LogP contribution in [0.2, 0.25) is 0 Å². The molecule has 0 bridgehead atoms. The van der Waals surface area contributed by atoms with Gasteiger partial charge in [-0.05, 0) is 43.9 Å². The van der Waals surface area contributed by atoms with Gasteiger partial charge in [-0.3, -0.25) is 0 Å². The lowest BCUT2D eigenvalue weighted by molar-refractivity contribution is 0.766. The minimum atomic E-state index is 0.613. The van der Waals surface area contributed by atoms with Gasteiger partial charge in [0.2, 0.25) is 0 Å². The average Bonchev–Trinajstić information content (AvgIpc) is 3.30. The number of benzene rings is 1. The highest BCUT2D eigenvalue weighted by molar-refractivity contribution is 5.45. The molecule has 1 aliphatic carbocycles. The van der Waals surface area contributed by atoms with E-state index in [4.69, 9.17) is 5.73 Å². The Labute approximate surface area is 126 Å². The molecule has 21 heavy (non-hydrogen) atoms. The fourth-order valence-corrected chi connectivity index (χ4v) is 2.54. The van der Waals surface area contributed by atoms with Crippen LogP contribution in [0.15, 0.2) is 30.3 Å². The predicted molar refractivity (Wildman–Crippen MR) is 86.2 cm³/mol. The van der Waals surface area contributed by atoms with Crippen molar-refractivity contribution >= 4 is 11.5 Å². The standard InChI is InChI=1S/C17H22N4/c1-3-15-10-17(20-12(2)19-15)21(16-8-9-16)11-13-4-6-14(18)7-5-13/h4-7,10,16H,3,8-9,11,18H2,1-2H3. The number of hydrogen-bond donors (Lipinski definition) is 1. The van der Waals surface area contributed by atoms with Crippen molar-refractivity contribution in [2.24, 2.45) is 0 Å². The molecule has 1 heterocycles. The third-order valence-electron chi connectivity index (χ3n) is 3.85. The van der Waals surface area contributed by atoms with E-state index in [1.165, 1.54) is 18.4 Å². The number of aromatic nitrogens is 2. The van der Waals surface area contributed by atoms with Gasteiger partial charge in [0.15, 0.2) is 0 Å². The fourth-order valence-electron chi connectivity index (χ4n) is 2.54. The zero-order chi connectivity index (χ0) is 14.8. The van der Waals surface area contributed by atoms with Crippen molar-refractivity contribution in [3.8, 4) is 0 Å². The first-order valence-corrected chi connectivity index (χ1v) is 7.61. The van der Waals surface area contributed by atoms with Crippen LogP contribution < -0.4 is 10.6 Å². The maximum absolute atomic E-state index is 5.76. The lowest BCUT2D eigenvalue weighted by Gasteiger charge is -2.24. The average molecular weight is 282 g/mol. The fraction of sp³-hybridized carbons (Fsp3) is 0.412. The smallest absolute Gasteiger partial charge is 0.133 e. The molecule has 0 atom stereocenters. The van der Waals surface area contributed by atoms with E-state index < -0.39 is 0 Å². The van der Waals surface area contributed by atoms with Crippen LogP contribution in [0.25, 0.3) is 0 Å². The summed E-state index contributed by atoms with van der Waals surface area (Å²) in [4.78, 5) is 11.5. The number of anilines is 2. The summed E-state index contributed by atoms with van der Waals surface area (Å²) in [5, 5.41) is 0. The molecule has 1 fully saturated rings. The summed E-state index contributed by atoms with van der Waals surface area (Å²) in [6.45, 7) is 4.98. The normalized spacial score (nSPS) is 14.2. The van der Waals surface area contributed by atoms with Gasteiger partial charge in [-0.25, -0.2) is 9.97 Å². The van der Waals surface area contributed by atoms with Gasteiger partial charge in [0.1, 0.15) is 11.6 Å². The van der Waals surface area contributed by atoms with Gasteiger partial charge >= 0.3 is 0 Å². The van der Waals surface area contributed by atoms with Crippen LogP contribution in [0.3, 0.4) is 0 Å². The van der Waals surface area contributed by atoms with Crippen LogP contribution in [-0.4, -0.2) is 16.0 Å². The van der Waals surface area contributed by atoms with Crippen LogP contribution in [0.5, 0.6) is 0 Å². The summed E-state index contributed by atoms with van der Waals surface area (Å²) in [5.74, 6) is 1.91. The number of rotatable bonds is 5. The Morgan fingerprint density at radius 3 is 2.52 bits per heavy atom. The topological polar surface area (TPSA) is 55.0 Å². The molecule has 0 spiro atoms. The monoisotopic (exact) mass is 282 g/mol. The van der Waals surface area contributed by atoms with Crippen molar-refractivity contribution in [1.82, 2.24) is 9.97 Å². The van der Waals surface area contributed by atoms with Gasteiger partial charge in [-0.1, -0.05) is 19.1 Å². The van der Waals surface area contributed by atoms with Gasteiger partial charge in [0.25, 0.3) is 0 Å². The molecule has 0 unspecified atom stereocenters. The van der Waals surface area contributed by atoms with E-state index in [0.29, 0.717) is 6.04 Å². The Kier molecular flexibility index (Phi) is 3.78. The molecule has 1 saturated carbocycles. The number of aryl methyl sites for hydroxylation is 2. The first kappa shape index (κ1) is 13.9. The SMILES string of the molecule is CCc1cc(N(Cc2ccc(N)cc2)C2CC2)nc(C)n1. The third-order valence-corrected chi connectivity index (χ3v) is 3.85. The van der Waals surface area contributed by atoms with E-state index in [2.05, 4.69) is 40.0 Å². The van der Waals surface area contributed by atoms with Gasteiger partial charge in [0, 0.05) is 30.0 Å². The van der Waals surface area contributed by atoms with Crippen LogP contribution in [0.4, 0.5) is 11.5 Å². The number of nitrogens with two attached hydrogens (primary N) is 1. The quantitative estimate of drug-likeness (QED) is 0.856. The first-order valence-electron chi connectivity index (χ1n) is 7.61.